The molecule has 0 fully saturated rings. The molecular weight excluding hydrogens is 246 g/mol. The highest BCUT2D eigenvalue weighted by atomic mass is 16.3. The lowest BCUT2D eigenvalue weighted by molar-refractivity contribution is 0.220. The van der Waals surface area contributed by atoms with E-state index in [0.29, 0.717) is 0 Å². The third kappa shape index (κ3) is 2.19. The summed E-state index contributed by atoms with van der Waals surface area (Å²) in [7, 11) is 0. The molecule has 2 aromatic carbocycles. The van der Waals surface area contributed by atoms with Gasteiger partial charge in [-0.3, -0.25) is 4.98 Å². The lowest BCUT2D eigenvalue weighted by atomic mass is 9.94. The van der Waals surface area contributed by atoms with Gasteiger partial charge in [-0.15, -0.1) is 0 Å². The minimum Gasteiger partial charge on any atom is -0.384 e. The topological polar surface area (TPSA) is 33.1 Å². The highest BCUT2D eigenvalue weighted by molar-refractivity contribution is 5.85. The van der Waals surface area contributed by atoms with Crippen molar-refractivity contribution in [1.82, 2.24) is 4.98 Å². The fourth-order valence-corrected chi connectivity index (χ4v) is 2.66. The molecular formula is C18H17NO. The Labute approximate surface area is 118 Å². The number of aryl methyl sites for hydroxylation is 2. The Morgan fingerprint density at radius 2 is 1.75 bits per heavy atom. The van der Waals surface area contributed by atoms with E-state index in [1.54, 1.807) is 6.20 Å². The van der Waals surface area contributed by atoms with E-state index in [-0.39, 0.29) is 0 Å². The summed E-state index contributed by atoms with van der Waals surface area (Å²) in [4.78, 5) is 4.25. The average molecular weight is 263 g/mol. The molecule has 20 heavy (non-hydrogen) atoms. The molecule has 0 radical (unpaired) electrons. The molecule has 1 aromatic heterocycles. The molecule has 0 saturated carbocycles. The fraction of sp³-hybridized carbons (Fsp3) is 0.167. The van der Waals surface area contributed by atoms with E-state index in [1.165, 1.54) is 5.56 Å². The van der Waals surface area contributed by atoms with Crippen LogP contribution < -0.4 is 0 Å². The lowest BCUT2D eigenvalue weighted by Crippen LogP contribution is -2.03. The summed E-state index contributed by atoms with van der Waals surface area (Å²) < 4.78 is 0. The zero-order valence-electron chi connectivity index (χ0n) is 11.7. The Morgan fingerprint density at radius 3 is 2.55 bits per heavy atom. The summed E-state index contributed by atoms with van der Waals surface area (Å²) in [6.45, 7) is 4.09. The van der Waals surface area contributed by atoms with Gasteiger partial charge in [0, 0.05) is 23.3 Å². The van der Waals surface area contributed by atoms with Gasteiger partial charge in [-0.05, 0) is 30.4 Å². The van der Waals surface area contributed by atoms with Crippen molar-refractivity contribution in [2.45, 2.75) is 20.0 Å². The second-order valence-electron chi connectivity index (χ2n) is 5.21. The van der Waals surface area contributed by atoms with Crippen LogP contribution in [0.25, 0.3) is 10.8 Å². The van der Waals surface area contributed by atoms with E-state index in [0.717, 1.165) is 27.5 Å². The van der Waals surface area contributed by atoms with Gasteiger partial charge in [-0.25, -0.2) is 0 Å². The second-order valence-corrected chi connectivity index (χ2v) is 5.21. The van der Waals surface area contributed by atoms with E-state index in [2.05, 4.69) is 18.0 Å². The van der Waals surface area contributed by atoms with Gasteiger partial charge >= 0.3 is 0 Å². The Morgan fingerprint density at radius 1 is 0.950 bits per heavy atom. The highest BCUT2D eigenvalue weighted by Crippen LogP contribution is 2.29. The van der Waals surface area contributed by atoms with E-state index >= 15 is 0 Å². The molecule has 0 bridgehead atoms. The van der Waals surface area contributed by atoms with Gasteiger partial charge in [0.05, 0.1) is 0 Å². The smallest absolute Gasteiger partial charge is 0.106 e. The van der Waals surface area contributed by atoms with E-state index in [4.69, 9.17) is 0 Å². The number of rotatable bonds is 2. The van der Waals surface area contributed by atoms with Gasteiger partial charge in [0.2, 0.25) is 0 Å². The molecule has 1 unspecified atom stereocenters. The van der Waals surface area contributed by atoms with Crippen LogP contribution in [0.15, 0.2) is 54.9 Å². The summed E-state index contributed by atoms with van der Waals surface area (Å²) >= 11 is 0. The van der Waals surface area contributed by atoms with Crippen LogP contribution in [0, 0.1) is 13.8 Å². The van der Waals surface area contributed by atoms with Gasteiger partial charge < -0.3 is 5.11 Å². The van der Waals surface area contributed by atoms with Crippen LogP contribution in [-0.2, 0) is 0 Å². The first-order chi connectivity index (χ1) is 9.66. The molecule has 0 aliphatic carbocycles. The molecule has 3 aromatic rings. The van der Waals surface area contributed by atoms with E-state index in [1.807, 2.05) is 49.5 Å². The quantitative estimate of drug-likeness (QED) is 0.760. The van der Waals surface area contributed by atoms with Crippen molar-refractivity contribution in [2.75, 3.05) is 0 Å². The predicted molar refractivity (Wildman–Crippen MR) is 81.7 cm³/mol. The fourth-order valence-electron chi connectivity index (χ4n) is 2.66. The van der Waals surface area contributed by atoms with Gasteiger partial charge in [0.15, 0.2) is 0 Å². The van der Waals surface area contributed by atoms with Crippen LogP contribution in [0.3, 0.4) is 0 Å². The Hall–Kier alpha value is -2.19. The maximum absolute atomic E-state index is 10.7. The van der Waals surface area contributed by atoms with E-state index in [9.17, 15) is 5.11 Å². The first-order valence-electron chi connectivity index (χ1n) is 6.74. The number of aromatic nitrogens is 1. The number of hydrogen-bond donors (Lipinski definition) is 1. The van der Waals surface area contributed by atoms with Crippen LogP contribution in [-0.4, -0.2) is 10.1 Å². The molecule has 100 valence electrons. The van der Waals surface area contributed by atoms with Crippen molar-refractivity contribution in [3.05, 3.63) is 77.1 Å². The second kappa shape index (κ2) is 5.06. The zero-order valence-corrected chi connectivity index (χ0v) is 11.7. The summed E-state index contributed by atoms with van der Waals surface area (Å²) in [5.41, 5.74) is 4.10. The van der Waals surface area contributed by atoms with Crippen molar-refractivity contribution >= 4 is 10.8 Å². The minimum atomic E-state index is -0.644. The largest absolute Gasteiger partial charge is 0.384 e. The number of aliphatic hydroxyl groups is 1. The normalized spacial score (nSPS) is 12.6. The van der Waals surface area contributed by atoms with Gasteiger partial charge in [0.1, 0.15) is 6.10 Å². The van der Waals surface area contributed by atoms with Crippen LogP contribution in [0.5, 0.6) is 0 Å². The first-order valence-corrected chi connectivity index (χ1v) is 6.74. The Bertz CT molecular complexity index is 759. The standard InChI is InChI=1S/C18H17NO/c1-12-7-8-15(13(2)9-12)18(20)17-11-19-10-14-5-3-4-6-16(14)17/h3-11,18,20H,1-2H3. The SMILES string of the molecule is Cc1ccc(C(O)c2cncc3ccccc23)c(C)c1. The number of fused-ring (bicyclic) bond motifs is 1. The average Bonchev–Trinajstić information content (AvgIpc) is 2.46. The molecule has 2 heteroatoms. The molecule has 0 amide bonds. The van der Waals surface area contributed by atoms with Crippen LogP contribution >= 0.6 is 0 Å². The molecule has 1 atom stereocenters. The number of pyridine rings is 1. The van der Waals surface area contributed by atoms with Gasteiger partial charge in [0.25, 0.3) is 0 Å². The summed E-state index contributed by atoms with van der Waals surface area (Å²) in [6.07, 6.45) is 2.94. The Kier molecular flexibility index (Phi) is 3.25. The Balaban J connectivity index is 2.15. The molecule has 1 heterocycles. The molecule has 2 nitrogen and oxygen atoms in total. The summed E-state index contributed by atoms with van der Waals surface area (Å²) in [5.74, 6) is 0. The van der Waals surface area contributed by atoms with Crippen molar-refractivity contribution < 1.29 is 5.11 Å². The van der Waals surface area contributed by atoms with Crippen molar-refractivity contribution in [3.8, 4) is 0 Å². The van der Waals surface area contributed by atoms with E-state index < -0.39 is 6.10 Å². The third-order valence-corrected chi connectivity index (χ3v) is 3.71. The number of nitrogens with zero attached hydrogens (tertiary/aromatic N) is 1. The summed E-state index contributed by atoms with van der Waals surface area (Å²) in [5, 5.41) is 12.8. The lowest BCUT2D eigenvalue weighted by Gasteiger charge is -2.16. The van der Waals surface area contributed by atoms with Crippen molar-refractivity contribution in [2.24, 2.45) is 0 Å². The molecule has 0 aliphatic heterocycles. The number of aliphatic hydroxyl groups excluding tert-OH is 1. The molecule has 0 saturated heterocycles. The van der Waals surface area contributed by atoms with Gasteiger partial charge in [-0.2, -0.15) is 0 Å². The van der Waals surface area contributed by atoms with Crippen molar-refractivity contribution in [3.63, 3.8) is 0 Å². The minimum absolute atomic E-state index is 0.644. The van der Waals surface area contributed by atoms with Crippen LogP contribution in [0.4, 0.5) is 0 Å². The highest BCUT2D eigenvalue weighted by Gasteiger charge is 2.15. The number of hydrogen-bond acceptors (Lipinski definition) is 2. The van der Waals surface area contributed by atoms with Crippen molar-refractivity contribution in [1.29, 1.82) is 0 Å². The van der Waals surface area contributed by atoms with Gasteiger partial charge in [-0.1, -0.05) is 48.0 Å². The molecule has 0 aliphatic rings. The molecule has 3 rings (SSSR count). The third-order valence-electron chi connectivity index (χ3n) is 3.71. The summed E-state index contributed by atoms with van der Waals surface area (Å²) in [6, 6.07) is 14.1. The number of benzene rings is 2. The maximum atomic E-state index is 10.7. The molecule has 0 spiro atoms. The van der Waals surface area contributed by atoms with Crippen LogP contribution in [0.1, 0.15) is 28.4 Å². The molecule has 1 N–H and O–H groups in total. The predicted octanol–water partition coefficient (Wildman–Crippen LogP) is 3.93. The first kappa shape index (κ1) is 12.8. The maximum Gasteiger partial charge on any atom is 0.106 e. The monoisotopic (exact) mass is 263 g/mol. The van der Waals surface area contributed by atoms with Crippen LogP contribution in [0.2, 0.25) is 0 Å². The zero-order chi connectivity index (χ0) is 14.1.